The van der Waals surface area contributed by atoms with E-state index in [1.807, 2.05) is 18.7 Å². The zero-order chi connectivity index (χ0) is 8.81. The van der Waals surface area contributed by atoms with E-state index >= 15 is 0 Å². The molecule has 0 saturated carbocycles. The minimum absolute atomic E-state index is 0.298. The van der Waals surface area contributed by atoms with Gasteiger partial charge in [0.05, 0.1) is 12.7 Å². The van der Waals surface area contributed by atoms with E-state index in [-0.39, 0.29) is 0 Å². The van der Waals surface area contributed by atoms with Crippen molar-refractivity contribution in [2.45, 2.75) is 19.1 Å². The van der Waals surface area contributed by atoms with Gasteiger partial charge in [0.15, 0.2) is 0 Å². The molecule has 1 aliphatic heterocycles. The monoisotopic (exact) mass is 190 g/mol. The van der Waals surface area contributed by atoms with E-state index in [9.17, 15) is 0 Å². The second-order valence-electron chi connectivity index (χ2n) is 3.21. The Hall–Kier alpha value is 0.230. The predicted octanol–water partition coefficient (Wildman–Crippen LogP) is 0.0552. The zero-order valence-corrected chi connectivity index (χ0v) is 8.40. The summed E-state index contributed by atoms with van der Waals surface area (Å²) >= 11 is 1.88. The van der Waals surface area contributed by atoms with Gasteiger partial charge in [-0.05, 0) is 6.92 Å². The molecular formula is C8H18N2OS. The molecule has 0 bridgehead atoms. The number of rotatable bonds is 4. The van der Waals surface area contributed by atoms with E-state index in [0.29, 0.717) is 12.1 Å². The van der Waals surface area contributed by atoms with E-state index in [1.165, 1.54) is 0 Å². The number of nitrogens with two attached hydrogens (primary N) is 1. The maximum absolute atomic E-state index is 5.63. The second kappa shape index (κ2) is 5.80. The summed E-state index contributed by atoms with van der Waals surface area (Å²) in [6, 6.07) is 0.298. The molecule has 2 unspecified atom stereocenters. The second-order valence-corrected chi connectivity index (χ2v) is 4.29. The molecule has 1 saturated heterocycles. The number of nitrogens with one attached hydrogen (secondary N) is 1. The Balaban J connectivity index is 1.98. The lowest BCUT2D eigenvalue weighted by atomic mass is 10.3. The Bertz CT molecular complexity index is 116. The summed E-state index contributed by atoms with van der Waals surface area (Å²) in [4.78, 5) is 0. The van der Waals surface area contributed by atoms with Crippen LogP contribution in [0.4, 0.5) is 0 Å². The van der Waals surface area contributed by atoms with Gasteiger partial charge in [-0.1, -0.05) is 0 Å². The van der Waals surface area contributed by atoms with Crippen molar-refractivity contribution < 1.29 is 4.74 Å². The fourth-order valence-corrected chi connectivity index (χ4v) is 2.10. The maximum atomic E-state index is 5.63. The molecule has 3 nitrogen and oxygen atoms in total. The number of ether oxygens (including phenoxy) is 1. The van der Waals surface area contributed by atoms with Gasteiger partial charge in [0.2, 0.25) is 0 Å². The average molecular weight is 190 g/mol. The number of hydrogen-bond donors (Lipinski definition) is 2. The fourth-order valence-electron chi connectivity index (χ4n) is 1.11. The van der Waals surface area contributed by atoms with Crippen LogP contribution in [0.15, 0.2) is 0 Å². The van der Waals surface area contributed by atoms with Gasteiger partial charge >= 0.3 is 0 Å². The van der Waals surface area contributed by atoms with E-state index < -0.39 is 0 Å². The van der Waals surface area contributed by atoms with E-state index in [0.717, 1.165) is 31.2 Å². The Labute approximate surface area is 78.4 Å². The molecule has 0 aromatic rings. The molecular weight excluding hydrogens is 172 g/mol. The van der Waals surface area contributed by atoms with Gasteiger partial charge in [-0.25, -0.2) is 0 Å². The molecule has 1 fully saturated rings. The molecule has 0 aromatic carbocycles. The lowest BCUT2D eigenvalue weighted by molar-refractivity contribution is 0.0441. The van der Waals surface area contributed by atoms with E-state index in [1.54, 1.807) is 0 Å². The summed E-state index contributed by atoms with van der Waals surface area (Å²) in [5.74, 6) is 2.09. The maximum Gasteiger partial charge on any atom is 0.0790 e. The van der Waals surface area contributed by atoms with Crippen LogP contribution in [-0.2, 0) is 4.74 Å². The minimum atomic E-state index is 0.298. The number of morpholine rings is 1. The smallest absolute Gasteiger partial charge is 0.0790 e. The molecule has 0 aliphatic carbocycles. The van der Waals surface area contributed by atoms with Crippen LogP contribution in [0.25, 0.3) is 0 Å². The van der Waals surface area contributed by atoms with Gasteiger partial charge in [0.1, 0.15) is 0 Å². The molecule has 0 spiro atoms. The molecule has 2 atom stereocenters. The number of thioether (sulfide) groups is 1. The third-order valence-electron chi connectivity index (χ3n) is 1.69. The van der Waals surface area contributed by atoms with Gasteiger partial charge in [-0.15, -0.1) is 0 Å². The van der Waals surface area contributed by atoms with Gasteiger partial charge in [0, 0.05) is 30.6 Å². The highest BCUT2D eigenvalue weighted by Gasteiger charge is 2.12. The third kappa shape index (κ3) is 4.30. The van der Waals surface area contributed by atoms with Crippen LogP contribution in [0, 0.1) is 0 Å². The molecule has 4 heteroatoms. The quantitative estimate of drug-likeness (QED) is 0.658. The third-order valence-corrected chi connectivity index (χ3v) is 3.06. The van der Waals surface area contributed by atoms with Crippen LogP contribution in [0.2, 0.25) is 0 Å². The molecule has 72 valence electrons. The first-order chi connectivity index (χ1) is 5.79. The summed E-state index contributed by atoms with van der Waals surface area (Å²) in [7, 11) is 0. The molecule has 1 aliphatic rings. The summed E-state index contributed by atoms with van der Waals surface area (Å²) in [5.41, 5.74) is 5.63. The van der Waals surface area contributed by atoms with E-state index in [2.05, 4.69) is 5.32 Å². The Kier molecular flexibility index (Phi) is 4.99. The lowest BCUT2D eigenvalue weighted by Gasteiger charge is -2.23. The summed E-state index contributed by atoms with van der Waals surface area (Å²) in [6.07, 6.45) is 0.391. The molecule has 1 rings (SSSR count). The van der Waals surface area contributed by atoms with Crippen LogP contribution in [0.5, 0.6) is 0 Å². The van der Waals surface area contributed by atoms with Gasteiger partial charge in [-0.3, -0.25) is 0 Å². The Morgan fingerprint density at radius 3 is 3.17 bits per heavy atom. The molecule has 0 aromatic heterocycles. The van der Waals surface area contributed by atoms with Crippen molar-refractivity contribution in [1.82, 2.24) is 5.32 Å². The van der Waals surface area contributed by atoms with Crippen molar-refractivity contribution in [3.63, 3.8) is 0 Å². The van der Waals surface area contributed by atoms with Crippen molar-refractivity contribution in [2.75, 3.05) is 31.2 Å². The van der Waals surface area contributed by atoms with Crippen LogP contribution in [-0.4, -0.2) is 43.3 Å². The molecule has 1 heterocycles. The first-order valence-corrected chi connectivity index (χ1v) is 5.60. The van der Waals surface area contributed by atoms with Crippen molar-refractivity contribution in [3.8, 4) is 0 Å². The van der Waals surface area contributed by atoms with Crippen LogP contribution in [0.3, 0.4) is 0 Å². The highest BCUT2D eigenvalue weighted by atomic mass is 32.2. The summed E-state index contributed by atoms with van der Waals surface area (Å²) in [6.45, 7) is 4.87. The normalized spacial score (nSPS) is 27.0. The summed E-state index contributed by atoms with van der Waals surface area (Å²) in [5, 5.41) is 3.30. The van der Waals surface area contributed by atoms with Gasteiger partial charge in [0.25, 0.3) is 0 Å². The van der Waals surface area contributed by atoms with E-state index in [4.69, 9.17) is 10.5 Å². The van der Waals surface area contributed by atoms with Crippen molar-refractivity contribution >= 4 is 11.8 Å². The topological polar surface area (TPSA) is 47.3 Å². The average Bonchev–Trinajstić information content (AvgIpc) is 2.05. The summed E-state index contributed by atoms with van der Waals surface area (Å²) < 4.78 is 5.54. The first kappa shape index (κ1) is 10.3. The standard InChI is InChI=1S/C8H18N2OS/c1-7(9)5-12-6-8-4-10-2-3-11-8/h7-8,10H,2-6,9H2,1H3. The highest BCUT2D eigenvalue weighted by molar-refractivity contribution is 7.99. The predicted molar refractivity (Wildman–Crippen MR) is 53.6 cm³/mol. The van der Waals surface area contributed by atoms with Gasteiger partial charge in [-0.2, -0.15) is 11.8 Å². The zero-order valence-electron chi connectivity index (χ0n) is 7.58. The fraction of sp³-hybridized carbons (Fsp3) is 1.00. The van der Waals surface area contributed by atoms with Crippen LogP contribution < -0.4 is 11.1 Å². The minimum Gasteiger partial charge on any atom is -0.375 e. The Morgan fingerprint density at radius 1 is 1.75 bits per heavy atom. The lowest BCUT2D eigenvalue weighted by Crippen LogP contribution is -2.40. The molecule has 12 heavy (non-hydrogen) atoms. The van der Waals surface area contributed by atoms with Crippen molar-refractivity contribution in [1.29, 1.82) is 0 Å². The molecule has 0 amide bonds. The largest absolute Gasteiger partial charge is 0.375 e. The SMILES string of the molecule is CC(N)CSCC1CNCCO1. The van der Waals surface area contributed by atoms with Crippen molar-refractivity contribution in [3.05, 3.63) is 0 Å². The van der Waals surface area contributed by atoms with Gasteiger partial charge < -0.3 is 15.8 Å². The number of hydrogen-bond acceptors (Lipinski definition) is 4. The van der Waals surface area contributed by atoms with Crippen molar-refractivity contribution in [2.24, 2.45) is 5.73 Å². The highest BCUT2D eigenvalue weighted by Crippen LogP contribution is 2.07. The molecule has 0 radical (unpaired) electrons. The molecule has 3 N–H and O–H groups in total. The first-order valence-electron chi connectivity index (χ1n) is 4.44. The van der Waals surface area contributed by atoms with Crippen LogP contribution >= 0.6 is 11.8 Å². The Morgan fingerprint density at radius 2 is 2.58 bits per heavy atom. The van der Waals surface area contributed by atoms with Crippen LogP contribution in [0.1, 0.15) is 6.92 Å².